The molecule has 4 heterocycles. The summed E-state index contributed by atoms with van der Waals surface area (Å²) in [5, 5.41) is 2.15. The molecule has 0 radical (unpaired) electrons. The van der Waals surface area contributed by atoms with Crippen molar-refractivity contribution < 1.29 is 9.47 Å². The first kappa shape index (κ1) is 28.2. The third kappa shape index (κ3) is 5.44. The maximum Gasteiger partial charge on any atom is 0.234 e. The predicted octanol–water partition coefficient (Wildman–Crippen LogP) is 9.90. The van der Waals surface area contributed by atoms with Crippen molar-refractivity contribution in [1.29, 1.82) is 0 Å². The van der Waals surface area contributed by atoms with Crippen LogP contribution in [0.2, 0.25) is 0 Å². The number of fused-ring (bicyclic) bond motifs is 3. The van der Waals surface area contributed by atoms with Crippen LogP contribution in [0.15, 0.2) is 140 Å². The average Bonchev–Trinajstić information content (AvgIpc) is 3.41. The number of pyridine rings is 2. The normalized spacial score (nSPS) is 11.2. The Labute approximate surface area is 271 Å². The highest BCUT2D eigenvalue weighted by atomic mass is 16.5. The van der Waals surface area contributed by atoms with Gasteiger partial charge in [0.25, 0.3) is 0 Å². The minimum atomic E-state index is 0.561. The fourth-order valence-corrected chi connectivity index (χ4v) is 5.89. The maximum atomic E-state index is 6.53. The van der Waals surface area contributed by atoms with Crippen LogP contribution in [0.3, 0.4) is 0 Å². The highest BCUT2D eigenvalue weighted by Gasteiger charge is 2.19. The Kier molecular flexibility index (Phi) is 7.11. The second-order valence-corrected chi connectivity index (χ2v) is 11.3. The van der Waals surface area contributed by atoms with Crippen molar-refractivity contribution in [2.75, 3.05) is 0 Å². The number of aromatic nitrogens is 5. The van der Waals surface area contributed by atoms with E-state index in [1.165, 1.54) is 0 Å². The summed E-state index contributed by atoms with van der Waals surface area (Å²) in [7, 11) is 0. The van der Waals surface area contributed by atoms with Crippen LogP contribution in [0, 0.1) is 13.8 Å². The zero-order valence-corrected chi connectivity index (χ0v) is 25.8. The number of hydrogen-bond acceptors (Lipinski definition) is 6. The Morgan fingerprint density at radius 3 is 1.43 bits per heavy atom. The molecule has 0 bridgehead atoms. The molecule has 0 N–H and O–H groups in total. The summed E-state index contributed by atoms with van der Waals surface area (Å²) in [6, 6.07) is 38.1. The lowest BCUT2D eigenvalue weighted by atomic mass is 10.1. The molecule has 47 heavy (non-hydrogen) atoms. The van der Waals surface area contributed by atoms with Gasteiger partial charge in [-0.2, -0.15) is 0 Å². The largest absolute Gasteiger partial charge is 0.457 e. The standard InChI is InChI=1S/C40H29N5O2/c1-26-20-32-33-21-27(2)39(47-31-13-8-11-29(23-31)35-15-4-6-17-42-35)25-37(33)45(40-43-18-9-19-44-40)36(32)24-38(26)46-30-12-7-10-28(22-30)34-14-3-5-16-41-34/h3-25H,1-2H3. The van der Waals surface area contributed by atoms with E-state index in [-0.39, 0.29) is 0 Å². The lowest BCUT2D eigenvalue weighted by Crippen LogP contribution is -2.00. The molecule has 0 aliphatic carbocycles. The smallest absolute Gasteiger partial charge is 0.234 e. The molecule has 8 rings (SSSR count). The van der Waals surface area contributed by atoms with Crippen molar-refractivity contribution in [3.8, 4) is 51.5 Å². The van der Waals surface area contributed by atoms with Crippen LogP contribution in [0.25, 0.3) is 50.3 Å². The van der Waals surface area contributed by atoms with E-state index in [1.54, 1.807) is 24.8 Å². The van der Waals surface area contributed by atoms with Crippen molar-refractivity contribution in [1.82, 2.24) is 24.5 Å². The summed E-state index contributed by atoms with van der Waals surface area (Å²) in [4.78, 5) is 18.3. The van der Waals surface area contributed by atoms with Crippen molar-refractivity contribution in [2.45, 2.75) is 13.8 Å². The monoisotopic (exact) mass is 611 g/mol. The van der Waals surface area contributed by atoms with Gasteiger partial charge in [0.05, 0.1) is 22.4 Å². The number of hydrogen-bond donors (Lipinski definition) is 0. The lowest BCUT2D eigenvalue weighted by Gasteiger charge is -2.12. The Balaban J connectivity index is 1.23. The molecule has 226 valence electrons. The van der Waals surface area contributed by atoms with Crippen LogP contribution in [0.5, 0.6) is 23.0 Å². The molecule has 0 amide bonds. The maximum absolute atomic E-state index is 6.53. The van der Waals surface area contributed by atoms with Crippen LogP contribution in [-0.4, -0.2) is 24.5 Å². The third-order valence-corrected chi connectivity index (χ3v) is 8.16. The summed E-state index contributed by atoms with van der Waals surface area (Å²) in [5.74, 6) is 3.51. The fourth-order valence-electron chi connectivity index (χ4n) is 5.89. The molecular formula is C40H29N5O2. The summed E-state index contributed by atoms with van der Waals surface area (Å²) in [5.41, 5.74) is 7.65. The second-order valence-electron chi connectivity index (χ2n) is 11.3. The number of aryl methyl sites for hydroxylation is 2. The molecule has 0 aliphatic heterocycles. The number of benzene rings is 4. The van der Waals surface area contributed by atoms with Gasteiger partial charge in [-0.05, 0) is 91.7 Å². The van der Waals surface area contributed by atoms with Gasteiger partial charge in [-0.15, -0.1) is 0 Å². The summed E-state index contributed by atoms with van der Waals surface area (Å²) < 4.78 is 15.1. The van der Waals surface area contributed by atoms with Crippen LogP contribution in [0.4, 0.5) is 0 Å². The van der Waals surface area contributed by atoms with E-state index in [0.29, 0.717) is 5.95 Å². The predicted molar refractivity (Wildman–Crippen MR) is 185 cm³/mol. The van der Waals surface area contributed by atoms with Gasteiger partial charge in [0, 0.05) is 58.8 Å². The molecule has 0 fully saturated rings. The molecule has 8 aromatic rings. The van der Waals surface area contributed by atoms with E-state index in [9.17, 15) is 0 Å². The van der Waals surface area contributed by atoms with Crippen molar-refractivity contribution >= 4 is 21.8 Å². The molecule has 0 unspecified atom stereocenters. The van der Waals surface area contributed by atoms with Gasteiger partial charge in [-0.3, -0.25) is 14.5 Å². The minimum Gasteiger partial charge on any atom is -0.457 e. The Morgan fingerprint density at radius 1 is 0.468 bits per heavy atom. The summed E-state index contributed by atoms with van der Waals surface area (Å²) >= 11 is 0. The SMILES string of the molecule is Cc1cc2c3cc(C)c(Oc4cccc(-c5ccccn5)c4)cc3n(-c3ncccn3)c2cc1Oc1cccc(-c2ccccn2)c1. The van der Waals surface area contributed by atoms with Gasteiger partial charge in [0.15, 0.2) is 0 Å². The fraction of sp³-hybridized carbons (Fsp3) is 0.0500. The number of ether oxygens (including phenoxy) is 2. The molecule has 4 aromatic heterocycles. The summed E-state index contributed by atoms with van der Waals surface area (Å²) in [6.07, 6.45) is 7.10. The number of rotatable bonds is 7. The van der Waals surface area contributed by atoms with Gasteiger partial charge in [0.2, 0.25) is 5.95 Å². The topological polar surface area (TPSA) is 75.0 Å². The molecular weight excluding hydrogens is 582 g/mol. The van der Waals surface area contributed by atoms with Gasteiger partial charge >= 0.3 is 0 Å². The molecule has 7 nitrogen and oxygen atoms in total. The van der Waals surface area contributed by atoms with Gasteiger partial charge in [-0.1, -0.05) is 36.4 Å². The van der Waals surface area contributed by atoms with Gasteiger partial charge in [-0.25, -0.2) is 9.97 Å². The van der Waals surface area contributed by atoms with Crippen molar-refractivity contribution in [2.24, 2.45) is 0 Å². The zero-order chi connectivity index (χ0) is 31.7. The first-order valence-corrected chi connectivity index (χ1v) is 15.4. The summed E-state index contributed by atoms with van der Waals surface area (Å²) in [6.45, 7) is 4.14. The highest BCUT2D eigenvalue weighted by Crippen LogP contribution is 2.40. The Morgan fingerprint density at radius 2 is 0.957 bits per heavy atom. The van der Waals surface area contributed by atoms with E-state index < -0.39 is 0 Å². The van der Waals surface area contributed by atoms with Crippen LogP contribution < -0.4 is 9.47 Å². The Bertz CT molecular complexity index is 2220. The zero-order valence-electron chi connectivity index (χ0n) is 25.8. The Hall–Kier alpha value is -6.34. The molecule has 0 saturated carbocycles. The van der Waals surface area contributed by atoms with E-state index >= 15 is 0 Å². The van der Waals surface area contributed by atoms with Gasteiger partial charge in [0.1, 0.15) is 23.0 Å². The van der Waals surface area contributed by atoms with Crippen LogP contribution in [0.1, 0.15) is 11.1 Å². The van der Waals surface area contributed by atoms with Crippen molar-refractivity contribution in [3.05, 3.63) is 151 Å². The molecule has 0 spiro atoms. The molecule has 0 atom stereocenters. The van der Waals surface area contributed by atoms with E-state index in [0.717, 1.165) is 78.4 Å². The first-order valence-electron chi connectivity index (χ1n) is 15.4. The van der Waals surface area contributed by atoms with Gasteiger partial charge < -0.3 is 9.47 Å². The van der Waals surface area contributed by atoms with Crippen LogP contribution >= 0.6 is 0 Å². The molecule has 0 aliphatic rings. The molecule has 0 saturated heterocycles. The molecule has 7 heteroatoms. The highest BCUT2D eigenvalue weighted by molar-refractivity contribution is 6.10. The number of nitrogens with zero attached hydrogens (tertiary/aromatic N) is 5. The van der Waals surface area contributed by atoms with Crippen molar-refractivity contribution in [3.63, 3.8) is 0 Å². The third-order valence-electron chi connectivity index (χ3n) is 8.16. The minimum absolute atomic E-state index is 0.561. The average molecular weight is 612 g/mol. The lowest BCUT2D eigenvalue weighted by molar-refractivity contribution is 0.479. The van der Waals surface area contributed by atoms with E-state index in [1.807, 2.05) is 91.0 Å². The first-order chi connectivity index (χ1) is 23.1. The van der Waals surface area contributed by atoms with Crippen LogP contribution in [-0.2, 0) is 0 Å². The van der Waals surface area contributed by atoms with E-state index in [2.05, 4.69) is 62.6 Å². The second kappa shape index (κ2) is 11.9. The quantitative estimate of drug-likeness (QED) is 0.179. The molecule has 4 aromatic carbocycles. The van der Waals surface area contributed by atoms with E-state index in [4.69, 9.17) is 9.47 Å².